The molecule has 2 atom stereocenters. The Hall–Kier alpha value is -2.47. The van der Waals surface area contributed by atoms with Gasteiger partial charge in [0.05, 0.1) is 16.8 Å². The highest BCUT2D eigenvalue weighted by Gasteiger charge is 2.73. The second-order valence-corrected chi connectivity index (χ2v) is 7.06. The van der Waals surface area contributed by atoms with Crippen molar-refractivity contribution < 1.29 is 4.79 Å². The van der Waals surface area contributed by atoms with Crippen LogP contribution in [-0.4, -0.2) is 22.4 Å². The van der Waals surface area contributed by atoms with Gasteiger partial charge in [-0.25, -0.2) is 9.97 Å². The van der Waals surface area contributed by atoms with E-state index in [2.05, 4.69) is 36.1 Å². The number of nitrogens with one attached hydrogen (secondary N) is 1. The van der Waals surface area contributed by atoms with Crippen molar-refractivity contribution in [3.05, 3.63) is 22.8 Å². The molecule has 1 heterocycles. The number of nitrogens with zero attached hydrogens (tertiary/aromatic N) is 4. The van der Waals surface area contributed by atoms with Gasteiger partial charge in [-0.1, -0.05) is 20.8 Å². The number of carbonyl (C=O) groups is 1. The third-order valence-corrected chi connectivity index (χ3v) is 6.21. The summed E-state index contributed by atoms with van der Waals surface area (Å²) in [7, 11) is 0. The SMILES string of the molecule is CCNC(=O)C12CCC(C)(c3nc(C#N)c(C#N)nc31)C2(C)C. The highest BCUT2D eigenvalue weighted by atomic mass is 16.2. The second-order valence-electron chi connectivity index (χ2n) is 7.06. The van der Waals surface area contributed by atoms with Gasteiger partial charge in [0, 0.05) is 12.0 Å². The van der Waals surface area contributed by atoms with Crippen LogP contribution in [0.3, 0.4) is 0 Å². The summed E-state index contributed by atoms with van der Waals surface area (Å²) < 4.78 is 0. The molecule has 0 spiro atoms. The van der Waals surface area contributed by atoms with Crippen molar-refractivity contribution in [1.29, 1.82) is 10.5 Å². The standard InChI is InChI=1S/C17H19N5O/c1-5-20-14(23)17-7-6-16(4,15(17,2)3)12-13(17)22-11(9-19)10(8-18)21-12/h5-7H2,1-4H3,(H,20,23). The van der Waals surface area contributed by atoms with Crippen LogP contribution in [0, 0.1) is 28.1 Å². The van der Waals surface area contributed by atoms with Crippen molar-refractivity contribution in [3.63, 3.8) is 0 Å². The van der Waals surface area contributed by atoms with Crippen molar-refractivity contribution in [1.82, 2.24) is 15.3 Å². The number of hydrogen-bond donors (Lipinski definition) is 1. The molecule has 0 aromatic carbocycles. The summed E-state index contributed by atoms with van der Waals surface area (Å²) in [5.41, 5.74) is -0.181. The Morgan fingerprint density at radius 2 is 1.70 bits per heavy atom. The fourth-order valence-electron chi connectivity index (χ4n) is 4.45. The number of carbonyl (C=O) groups excluding carboxylic acids is 1. The van der Waals surface area contributed by atoms with E-state index in [4.69, 9.17) is 0 Å². The number of aromatic nitrogens is 2. The molecule has 23 heavy (non-hydrogen) atoms. The molecule has 0 radical (unpaired) electrons. The van der Waals surface area contributed by atoms with E-state index < -0.39 is 5.41 Å². The predicted octanol–water partition coefficient (Wildman–Crippen LogP) is 1.69. The molecule has 1 saturated carbocycles. The van der Waals surface area contributed by atoms with E-state index >= 15 is 0 Å². The minimum atomic E-state index is -0.792. The van der Waals surface area contributed by atoms with Gasteiger partial charge in [0.1, 0.15) is 12.1 Å². The van der Waals surface area contributed by atoms with Gasteiger partial charge in [0.25, 0.3) is 0 Å². The average Bonchev–Trinajstić information content (AvgIpc) is 2.82. The van der Waals surface area contributed by atoms with Crippen LogP contribution >= 0.6 is 0 Å². The average molecular weight is 309 g/mol. The Labute approximate surface area is 135 Å². The zero-order valence-electron chi connectivity index (χ0n) is 13.8. The molecule has 3 rings (SSSR count). The quantitative estimate of drug-likeness (QED) is 0.895. The first-order valence-electron chi connectivity index (χ1n) is 7.81. The predicted molar refractivity (Wildman–Crippen MR) is 82.2 cm³/mol. The van der Waals surface area contributed by atoms with E-state index in [1.807, 2.05) is 19.1 Å². The summed E-state index contributed by atoms with van der Waals surface area (Å²) in [6, 6.07) is 3.89. The Morgan fingerprint density at radius 3 is 2.22 bits per heavy atom. The van der Waals surface area contributed by atoms with Gasteiger partial charge >= 0.3 is 0 Å². The van der Waals surface area contributed by atoms with E-state index in [0.29, 0.717) is 24.4 Å². The minimum Gasteiger partial charge on any atom is -0.356 e. The normalized spacial score (nSPS) is 29.5. The van der Waals surface area contributed by atoms with E-state index in [9.17, 15) is 15.3 Å². The van der Waals surface area contributed by atoms with Crippen LogP contribution in [-0.2, 0) is 15.6 Å². The summed E-state index contributed by atoms with van der Waals surface area (Å²) in [5.74, 6) is -0.0598. The maximum absolute atomic E-state index is 13.0. The summed E-state index contributed by atoms with van der Waals surface area (Å²) >= 11 is 0. The third kappa shape index (κ3) is 1.49. The molecule has 6 nitrogen and oxygen atoms in total. The molecule has 118 valence electrons. The molecule has 0 aliphatic heterocycles. The van der Waals surface area contributed by atoms with Gasteiger partial charge in [-0.15, -0.1) is 0 Å². The molecule has 1 aromatic rings. The van der Waals surface area contributed by atoms with E-state index in [-0.39, 0.29) is 28.1 Å². The molecule has 6 heteroatoms. The number of rotatable bonds is 2. The lowest BCUT2D eigenvalue weighted by Gasteiger charge is -2.39. The van der Waals surface area contributed by atoms with Crippen LogP contribution in [0.2, 0.25) is 0 Å². The molecule has 1 fully saturated rings. The molecular weight excluding hydrogens is 290 g/mol. The third-order valence-electron chi connectivity index (χ3n) is 6.21. The lowest BCUT2D eigenvalue weighted by Crippen LogP contribution is -2.51. The molecule has 1 aromatic heterocycles. The Kier molecular flexibility index (Phi) is 3.03. The van der Waals surface area contributed by atoms with Crippen LogP contribution < -0.4 is 5.32 Å². The number of likely N-dealkylation sites (N-methyl/N-ethyl adjacent to an activating group) is 1. The molecule has 1 amide bonds. The van der Waals surface area contributed by atoms with Crippen molar-refractivity contribution in [2.24, 2.45) is 5.41 Å². The highest BCUT2D eigenvalue weighted by Crippen LogP contribution is 2.70. The summed E-state index contributed by atoms with van der Waals surface area (Å²) in [6.45, 7) is 8.64. The molecule has 2 bridgehead atoms. The van der Waals surface area contributed by atoms with Crippen molar-refractivity contribution in [2.75, 3.05) is 6.54 Å². The zero-order valence-corrected chi connectivity index (χ0v) is 13.8. The largest absolute Gasteiger partial charge is 0.356 e. The van der Waals surface area contributed by atoms with Crippen LogP contribution in [0.5, 0.6) is 0 Å². The van der Waals surface area contributed by atoms with Gasteiger partial charge in [-0.2, -0.15) is 10.5 Å². The summed E-state index contributed by atoms with van der Waals surface area (Å²) in [5, 5.41) is 21.4. The van der Waals surface area contributed by atoms with Crippen LogP contribution in [0.1, 0.15) is 63.3 Å². The lowest BCUT2D eigenvalue weighted by molar-refractivity contribution is -0.130. The Bertz CT molecular complexity index is 800. The molecule has 2 aliphatic carbocycles. The molecule has 0 saturated heterocycles. The number of hydrogen-bond acceptors (Lipinski definition) is 5. The zero-order chi connectivity index (χ0) is 17.0. The van der Waals surface area contributed by atoms with Gasteiger partial charge < -0.3 is 5.32 Å². The van der Waals surface area contributed by atoms with Crippen LogP contribution in [0.15, 0.2) is 0 Å². The molecule has 2 aliphatic rings. The molecule has 1 N–H and O–H groups in total. The summed E-state index contributed by atoms with van der Waals surface area (Å²) in [4.78, 5) is 21.9. The smallest absolute Gasteiger partial charge is 0.232 e. The van der Waals surface area contributed by atoms with Crippen molar-refractivity contribution in [2.45, 2.75) is 51.4 Å². The number of amides is 1. The number of nitriles is 2. The first-order chi connectivity index (χ1) is 10.8. The lowest BCUT2D eigenvalue weighted by atomic mass is 9.63. The Balaban J connectivity index is 2.36. The van der Waals surface area contributed by atoms with E-state index in [1.54, 1.807) is 0 Å². The van der Waals surface area contributed by atoms with Crippen LogP contribution in [0.4, 0.5) is 0 Å². The van der Waals surface area contributed by atoms with Crippen molar-refractivity contribution >= 4 is 5.91 Å². The highest BCUT2D eigenvalue weighted by molar-refractivity contribution is 5.92. The maximum atomic E-state index is 13.0. The molecular formula is C17H19N5O. The first-order valence-corrected chi connectivity index (χ1v) is 7.81. The minimum absolute atomic E-state index is 0.00173. The topological polar surface area (TPSA) is 102 Å². The van der Waals surface area contributed by atoms with Gasteiger partial charge in [-0.05, 0) is 25.2 Å². The van der Waals surface area contributed by atoms with Crippen molar-refractivity contribution in [3.8, 4) is 12.1 Å². The van der Waals surface area contributed by atoms with E-state index in [1.165, 1.54) is 0 Å². The second kappa shape index (κ2) is 4.52. The maximum Gasteiger partial charge on any atom is 0.232 e. The van der Waals surface area contributed by atoms with Crippen LogP contribution in [0.25, 0.3) is 0 Å². The number of fused-ring (bicyclic) bond motifs is 5. The van der Waals surface area contributed by atoms with E-state index in [0.717, 1.165) is 6.42 Å². The van der Waals surface area contributed by atoms with Gasteiger partial charge in [0.15, 0.2) is 11.4 Å². The van der Waals surface area contributed by atoms with Gasteiger partial charge in [-0.3, -0.25) is 4.79 Å². The van der Waals surface area contributed by atoms with Gasteiger partial charge in [0.2, 0.25) is 5.91 Å². The Morgan fingerprint density at radius 1 is 1.13 bits per heavy atom. The molecule has 2 unspecified atom stereocenters. The monoisotopic (exact) mass is 309 g/mol. The summed E-state index contributed by atoms with van der Waals surface area (Å²) in [6.07, 6.45) is 1.50. The fourth-order valence-corrected chi connectivity index (χ4v) is 4.45. The first kappa shape index (κ1) is 15.4. The fraction of sp³-hybridized carbons (Fsp3) is 0.588.